The summed E-state index contributed by atoms with van der Waals surface area (Å²) < 4.78 is 5.16. The van der Waals surface area contributed by atoms with Gasteiger partial charge in [-0.05, 0) is 13.3 Å². The Kier molecular flexibility index (Phi) is 6.27. The molecular formula is C11H15N5OS4. The van der Waals surface area contributed by atoms with Gasteiger partial charge in [-0.1, -0.05) is 30.0 Å². The summed E-state index contributed by atoms with van der Waals surface area (Å²) in [6, 6.07) is 0. The highest BCUT2D eigenvalue weighted by Gasteiger charge is 2.11. The molecule has 0 spiro atoms. The number of amides is 1. The first-order valence-corrected chi connectivity index (χ1v) is 9.76. The number of carbonyl (C=O) groups excluding carboxylic acids is 1. The van der Waals surface area contributed by atoms with E-state index >= 15 is 0 Å². The predicted octanol–water partition coefficient (Wildman–Crippen LogP) is 3.12. The van der Waals surface area contributed by atoms with Gasteiger partial charge in [0.15, 0.2) is 5.13 Å². The van der Waals surface area contributed by atoms with Crippen LogP contribution in [-0.2, 0) is 4.79 Å². The Morgan fingerprint density at radius 2 is 2.19 bits per heavy atom. The summed E-state index contributed by atoms with van der Waals surface area (Å²) in [6.45, 7) is 3.99. The van der Waals surface area contributed by atoms with Gasteiger partial charge < -0.3 is 5.73 Å². The molecule has 0 aliphatic rings. The molecular weight excluding hydrogens is 346 g/mol. The third-order valence-corrected chi connectivity index (χ3v) is 6.34. The number of nitrogens with zero attached hydrogens (tertiary/aromatic N) is 3. The van der Waals surface area contributed by atoms with Crippen LogP contribution in [0.5, 0.6) is 0 Å². The van der Waals surface area contributed by atoms with Gasteiger partial charge in [-0.15, -0.1) is 11.8 Å². The number of aromatic nitrogens is 3. The fourth-order valence-corrected chi connectivity index (χ4v) is 4.57. The monoisotopic (exact) mass is 361 g/mol. The smallest absolute Gasteiger partial charge is 0.236 e. The van der Waals surface area contributed by atoms with Crippen molar-refractivity contribution >= 4 is 62.6 Å². The van der Waals surface area contributed by atoms with Crippen LogP contribution in [0, 0.1) is 6.92 Å². The molecule has 0 saturated heterocycles. The molecule has 6 nitrogen and oxygen atoms in total. The lowest BCUT2D eigenvalue weighted by atomic mass is 10.6. The average molecular weight is 362 g/mol. The van der Waals surface area contributed by atoms with Gasteiger partial charge in [-0.3, -0.25) is 10.1 Å². The van der Waals surface area contributed by atoms with E-state index < -0.39 is 0 Å². The van der Waals surface area contributed by atoms with Gasteiger partial charge in [0.25, 0.3) is 0 Å². The van der Waals surface area contributed by atoms with E-state index in [1.807, 2.05) is 6.92 Å². The highest BCUT2D eigenvalue weighted by molar-refractivity contribution is 8.01. The summed E-state index contributed by atoms with van der Waals surface area (Å²) in [4.78, 5) is 20.3. The molecule has 0 bridgehead atoms. The largest absolute Gasteiger partial charge is 0.375 e. The number of aryl methyl sites for hydroxylation is 1. The first-order chi connectivity index (χ1) is 10.1. The molecule has 3 N–H and O–H groups in total. The fraction of sp³-hybridized carbons (Fsp3) is 0.455. The van der Waals surface area contributed by atoms with E-state index in [4.69, 9.17) is 5.73 Å². The molecule has 2 heterocycles. The standard InChI is InChI=1S/C11H15N5OS4/c1-3-4-18-11-15-10(21-16-11)14-7(17)5-19-8-6(2)13-9(12)20-8/h3-5H2,1-2H3,(H2,12,13)(H,14,15,16,17). The molecule has 10 heteroatoms. The van der Waals surface area contributed by atoms with E-state index in [0.717, 1.165) is 27.2 Å². The maximum Gasteiger partial charge on any atom is 0.236 e. The Labute approximate surface area is 139 Å². The van der Waals surface area contributed by atoms with E-state index in [0.29, 0.717) is 16.0 Å². The average Bonchev–Trinajstić information content (AvgIpc) is 3.00. The molecule has 2 aromatic heterocycles. The zero-order valence-corrected chi connectivity index (χ0v) is 14.8. The van der Waals surface area contributed by atoms with Crippen molar-refractivity contribution in [2.24, 2.45) is 0 Å². The van der Waals surface area contributed by atoms with Gasteiger partial charge in [0.1, 0.15) is 0 Å². The van der Waals surface area contributed by atoms with Crippen molar-refractivity contribution in [2.45, 2.75) is 29.6 Å². The number of nitrogen functional groups attached to an aromatic ring is 1. The molecule has 0 fully saturated rings. The normalized spacial score (nSPS) is 10.8. The van der Waals surface area contributed by atoms with Crippen LogP contribution in [0.25, 0.3) is 0 Å². The summed E-state index contributed by atoms with van der Waals surface area (Å²) in [6.07, 6.45) is 1.07. The number of rotatable bonds is 7. The lowest BCUT2D eigenvalue weighted by Gasteiger charge is -2.00. The third-order valence-electron chi connectivity index (χ3n) is 2.19. The molecule has 0 radical (unpaired) electrons. The lowest BCUT2D eigenvalue weighted by Crippen LogP contribution is -2.13. The molecule has 0 aliphatic heterocycles. The summed E-state index contributed by atoms with van der Waals surface area (Å²) in [5, 5.41) is 4.54. The second-order valence-electron chi connectivity index (χ2n) is 3.99. The van der Waals surface area contributed by atoms with Crippen LogP contribution >= 0.6 is 46.4 Å². The number of nitrogens with one attached hydrogen (secondary N) is 1. The van der Waals surface area contributed by atoms with Crippen LogP contribution in [0.3, 0.4) is 0 Å². The molecule has 0 saturated carbocycles. The topological polar surface area (TPSA) is 93.8 Å². The minimum Gasteiger partial charge on any atom is -0.375 e. The van der Waals surface area contributed by atoms with Crippen molar-refractivity contribution in [3.05, 3.63) is 5.69 Å². The Morgan fingerprint density at radius 3 is 2.86 bits per heavy atom. The van der Waals surface area contributed by atoms with E-state index in [1.54, 1.807) is 11.8 Å². The van der Waals surface area contributed by atoms with Crippen LogP contribution in [0.2, 0.25) is 0 Å². The zero-order chi connectivity index (χ0) is 15.2. The second-order valence-corrected chi connectivity index (χ2v) is 8.08. The number of hydrogen-bond acceptors (Lipinski definition) is 9. The predicted molar refractivity (Wildman–Crippen MR) is 91.5 cm³/mol. The van der Waals surface area contributed by atoms with Crippen molar-refractivity contribution in [1.82, 2.24) is 14.3 Å². The molecule has 2 rings (SSSR count). The first-order valence-electron chi connectivity index (χ1n) is 6.20. The third kappa shape index (κ3) is 5.13. The SMILES string of the molecule is CCCSc1nsc(NC(=O)CSc2sc(N)nc2C)n1. The quantitative estimate of drug-likeness (QED) is 0.732. The van der Waals surface area contributed by atoms with E-state index in [1.165, 1.54) is 34.6 Å². The number of hydrogen-bond donors (Lipinski definition) is 2. The highest BCUT2D eigenvalue weighted by Crippen LogP contribution is 2.30. The van der Waals surface area contributed by atoms with Crippen LogP contribution in [-0.4, -0.2) is 31.8 Å². The van der Waals surface area contributed by atoms with Crippen LogP contribution in [0.15, 0.2) is 9.37 Å². The van der Waals surface area contributed by atoms with Crippen LogP contribution in [0.4, 0.5) is 10.3 Å². The highest BCUT2D eigenvalue weighted by atomic mass is 32.2. The van der Waals surface area contributed by atoms with Gasteiger partial charge in [0.2, 0.25) is 16.2 Å². The Balaban J connectivity index is 1.81. The Morgan fingerprint density at radius 1 is 1.38 bits per heavy atom. The zero-order valence-electron chi connectivity index (χ0n) is 11.6. The van der Waals surface area contributed by atoms with Crippen molar-refractivity contribution < 1.29 is 4.79 Å². The summed E-state index contributed by atoms with van der Waals surface area (Å²) in [7, 11) is 0. The van der Waals surface area contributed by atoms with Crippen molar-refractivity contribution in [1.29, 1.82) is 0 Å². The van der Waals surface area contributed by atoms with Crippen molar-refractivity contribution in [2.75, 3.05) is 22.6 Å². The second kappa shape index (κ2) is 7.97. The van der Waals surface area contributed by atoms with Gasteiger partial charge in [-0.25, -0.2) is 4.98 Å². The summed E-state index contributed by atoms with van der Waals surface area (Å²) in [5.74, 6) is 1.18. The number of thiazole rings is 1. The molecule has 1 amide bonds. The number of nitrogens with two attached hydrogens (primary N) is 1. The molecule has 0 aromatic carbocycles. The minimum absolute atomic E-state index is 0.102. The Hall–Kier alpha value is -0.840. The van der Waals surface area contributed by atoms with Gasteiger partial charge in [0, 0.05) is 17.3 Å². The molecule has 0 unspecified atom stereocenters. The van der Waals surface area contributed by atoms with E-state index in [-0.39, 0.29) is 5.91 Å². The maximum atomic E-state index is 11.9. The fourth-order valence-electron chi connectivity index (χ4n) is 1.34. The molecule has 0 aliphatic carbocycles. The van der Waals surface area contributed by atoms with E-state index in [9.17, 15) is 4.79 Å². The van der Waals surface area contributed by atoms with Crippen molar-refractivity contribution in [3.8, 4) is 0 Å². The maximum absolute atomic E-state index is 11.9. The molecule has 21 heavy (non-hydrogen) atoms. The lowest BCUT2D eigenvalue weighted by molar-refractivity contribution is -0.113. The van der Waals surface area contributed by atoms with Gasteiger partial charge in [-0.2, -0.15) is 9.36 Å². The molecule has 0 atom stereocenters. The molecule has 114 valence electrons. The number of thioether (sulfide) groups is 2. The van der Waals surface area contributed by atoms with Crippen LogP contribution in [0.1, 0.15) is 19.0 Å². The van der Waals surface area contributed by atoms with Crippen molar-refractivity contribution in [3.63, 3.8) is 0 Å². The van der Waals surface area contributed by atoms with Gasteiger partial charge in [0.05, 0.1) is 15.7 Å². The Bertz CT molecular complexity index is 612. The first kappa shape index (κ1) is 16.5. The summed E-state index contributed by atoms with van der Waals surface area (Å²) >= 11 is 5.63. The number of carbonyl (C=O) groups is 1. The van der Waals surface area contributed by atoms with E-state index in [2.05, 4.69) is 26.6 Å². The minimum atomic E-state index is -0.102. The van der Waals surface area contributed by atoms with Gasteiger partial charge >= 0.3 is 0 Å². The molecule has 2 aromatic rings. The number of anilines is 2. The van der Waals surface area contributed by atoms with Crippen LogP contribution < -0.4 is 11.1 Å². The summed E-state index contributed by atoms with van der Waals surface area (Å²) in [5.41, 5.74) is 6.49.